The number of benzene rings is 1. The summed E-state index contributed by atoms with van der Waals surface area (Å²) in [4.78, 5) is 8.39. The van der Waals surface area contributed by atoms with Gasteiger partial charge in [0.2, 0.25) is 0 Å². The van der Waals surface area contributed by atoms with Gasteiger partial charge in [0.1, 0.15) is 5.15 Å². The van der Waals surface area contributed by atoms with E-state index in [1.165, 1.54) is 0 Å². The van der Waals surface area contributed by atoms with Gasteiger partial charge in [-0.1, -0.05) is 35.9 Å². The minimum absolute atomic E-state index is 0.487. The summed E-state index contributed by atoms with van der Waals surface area (Å²) >= 11 is 5.86. The third-order valence-corrected chi connectivity index (χ3v) is 3.13. The van der Waals surface area contributed by atoms with Gasteiger partial charge in [-0.25, -0.2) is 4.98 Å². The van der Waals surface area contributed by atoms with Gasteiger partial charge in [-0.3, -0.25) is 4.98 Å². The number of para-hydroxylation sites is 1. The molecule has 2 heterocycles. The van der Waals surface area contributed by atoms with Crippen molar-refractivity contribution in [3.63, 3.8) is 0 Å². The largest absolute Gasteiger partial charge is 0.381 e. The van der Waals surface area contributed by atoms with Crippen molar-refractivity contribution in [2.45, 2.75) is 6.54 Å². The Bertz CT molecular complexity index is 707. The summed E-state index contributed by atoms with van der Waals surface area (Å²) in [6, 6.07) is 13.9. The van der Waals surface area contributed by atoms with E-state index < -0.39 is 0 Å². The van der Waals surface area contributed by atoms with Gasteiger partial charge < -0.3 is 5.32 Å². The van der Waals surface area contributed by atoms with Crippen LogP contribution in [0.1, 0.15) is 5.56 Å². The molecule has 2 aromatic heterocycles. The second kappa shape index (κ2) is 5.24. The van der Waals surface area contributed by atoms with Crippen molar-refractivity contribution in [3.8, 4) is 0 Å². The van der Waals surface area contributed by atoms with Crippen molar-refractivity contribution in [1.29, 1.82) is 0 Å². The third kappa shape index (κ3) is 2.66. The van der Waals surface area contributed by atoms with E-state index in [0.717, 1.165) is 22.2 Å². The van der Waals surface area contributed by atoms with Crippen LogP contribution < -0.4 is 5.32 Å². The van der Waals surface area contributed by atoms with E-state index in [-0.39, 0.29) is 0 Å². The molecule has 94 valence electrons. The number of fused-ring (bicyclic) bond motifs is 1. The molecule has 0 fully saturated rings. The molecule has 0 atom stereocenters. The summed E-state index contributed by atoms with van der Waals surface area (Å²) in [6.07, 6.45) is 3.50. The minimum atomic E-state index is 0.487. The van der Waals surface area contributed by atoms with Crippen molar-refractivity contribution in [2.75, 3.05) is 5.32 Å². The molecule has 3 nitrogen and oxygen atoms in total. The average Bonchev–Trinajstić information content (AvgIpc) is 2.45. The average molecular weight is 270 g/mol. The number of aromatic nitrogens is 2. The van der Waals surface area contributed by atoms with Crippen molar-refractivity contribution in [1.82, 2.24) is 9.97 Å². The first-order valence-electron chi connectivity index (χ1n) is 6.01. The second-order valence-corrected chi connectivity index (χ2v) is 4.60. The number of nitrogens with zero attached hydrogens (tertiary/aromatic N) is 2. The molecule has 0 amide bonds. The predicted molar refractivity (Wildman–Crippen MR) is 78.3 cm³/mol. The number of rotatable bonds is 3. The quantitative estimate of drug-likeness (QED) is 0.733. The van der Waals surface area contributed by atoms with Gasteiger partial charge in [0.15, 0.2) is 0 Å². The molecular formula is C15H12ClN3. The molecule has 0 unspecified atom stereocenters. The smallest absolute Gasteiger partial charge is 0.131 e. The van der Waals surface area contributed by atoms with E-state index in [1.807, 2.05) is 24.4 Å². The molecule has 0 aliphatic carbocycles. The summed E-state index contributed by atoms with van der Waals surface area (Å²) < 4.78 is 0. The van der Waals surface area contributed by atoms with Crippen LogP contribution in [0.15, 0.2) is 54.9 Å². The minimum Gasteiger partial charge on any atom is -0.381 e. The number of anilines is 1. The van der Waals surface area contributed by atoms with Crippen LogP contribution in [0, 0.1) is 0 Å². The lowest BCUT2D eigenvalue weighted by molar-refractivity contribution is 1.15. The van der Waals surface area contributed by atoms with Gasteiger partial charge in [-0.2, -0.15) is 0 Å². The molecule has 3 rings (SSSR count). The Morgan fingerprint density at radius 3 is 2.79 bits per heavy atom. The Balaban J connectivity index is 1.86. The van der Waals surface area contributed by atoms with E-state index in [4.69, 9.17) is 11.6 Å². The van der Waals surface area contributed by atoms with Crippen molar-refractivity contribution >= 4 is 28.2 Å². The molecule has 3 aromatic rings. The number of hydrogen-bond acceptors (Lipinski definition) is 3. The maximum absolute atomic E-state index is 5.86. The number of pyridine rings is 2. The van der Waals surface area contributed by atoms with Crippen LogP contribution in [0.5, 0.6) is 0 Å². The highest BCUT2D eigenvalue weighted by molar-refractivity contribution is 6.29. The van der Waals surface area contributed by atoms with E-state index in [2.05, 4.69) is 33.5 Å². The molecule has 1 N–H and O–H groups in total. The standard InChI is InChI=1S/C15H12ClN3/c16-14-9-13(6-8-17-14)19-10-12-4-1-3-11-5-2-7-18-15(11)12/h1-9H,10H2,(H,17,19). The fraction of sp³-hybridized carbons (Fsp3) is 0.0667. The van der Waals surface area contributed by atoms with Crippen LogP contribution in [0.3, 0.4) is 0 Å². The number of nitrogens with one attached hydrogen (secondary N) is 1. The van der Waals surface area contributed by atoms with Crippen LogP contribution in [0.25, 0.3) is 10.9 Å². The molecule has 0 radical (unpaired) electrons. The van der Waals surface area contributed by atoms with Gasteiger partial charge in [-0.05, 0) is 23.8 Å². The Labute approximate surface area is 116 Å². The highest BCUT2D eigenvalue weighted by atomic mass is 35.5. The van der Waals surface area contributed by atoms with Crippen molar-refractivity contribution in [2.24, 2.45) is 0 Å². The fourth-order valence-corrected chi connectivity index (χ4v) is 2.19. The van der Waals surface area contributed by atoms with Gasteiger partial charge in [-0.15, -0.1) is 0 Å². The topological polar surface area (TPSA) is 37.8 Å². The maximum atomic E-state index is 5.86. The zero-order valence-electron chi connectivity index (χ0n) is 10.2. The molecule has 0 saturated heterocycles. The molecule has 0 spiro atoms. The Hall–Kier alpha value is -2.13. The SMILES string of the molecule is Clc1cc(NCc2cccc3cccnc23)ccn1. The van der Waals surface area contributed by atoms with Crippen LogP contribution in [0.2, 0.25) is 5.15 Å². The van der Waals surface area contributed by atoms with Crippen LogP contribution >= 0.6 is 11.6 Å². The van der Waals surface area contributed by atoms with Gasteiger partial charge in [0.25, 0.3) is 0 Å². The second-order valence-electron chi connectivity index (χ2n) is 4.21. The van der Waals surface area contributed by atoms with Crippen molar-refractivity contribution < 1.29 is 0 Å². The maximum Gasteiger partial charge on any atom is 0.131 e. The highest BCUT2D eigenvalue weighted by Crippen LogP contribution is 2.18. The first-order chi connectivity index (χ1) is 9.33. The molecule has 19 heavy (non-hydrogen) atoms. The lowest BCUT2D eigenvalue weighted by atomic mass is 10.1. The van der Waals surface area contributed by atoms with Gasteiger partial charge in [0.05, 0.1) is 5.52 Å². The van der Waals surface area contributed by atoms with Gasteiger partial charge in [0, 0.05) is 30.0 Å². The van der Waals surface area contributed by atoms with Crippen LogP contribution in [-0.2, 0) is 6.54 Å². The Kier molecular flexibility index (Phi) is 3.29. The highest BCUT2D eigenvalue weighted by Gasteiger charge is 2.01. The lowest BCUT2D eigenvalue weighted by Gasteiger charge is -2.08. The predicted octanol–water partition coefficient (Wildman–Crippen LogP) is 3.90. The normalized spacial score (nSPS) is 10.6. The fourth-order valence-electron chi connectivity index (χ4n) is 2.02. The van der Waals surface area contributed by atoms with Gasteiger partial charge >= 0.3 is 0 Å². The Morgan fingerprint density at radius 2 is 1.89 bits per heavy atom. The van der Waals surface area contributed by atoms with Crippen LogP contribution in [0.4, 0.5) is 5.69 Å². The molecule has 0 bridgehead atoms. The lowest BCUT2D eigenvalue weighted by Crippen LogP contribution is -2.00. The molecule has 1 aromatic carbocycles. The first-order valence-corrected chi connectivity index (χ1v) is 6.39. The third-order valence-electron chi connectivity index (χ3n) is 2.93. The van der Waals surface area contributed by atoms with E-state index in [9.17, 15) is 0 Å². The summed E-state index contributed by atoms with van der Waals surface area (Å²) in [6.45, 7) is 0.703. The summed E-state index contributed by atoms with van der Waals surface area (Å²) in [5, 5.41) is 4.96. The monoisotopic (exact) mass is 269 g/mol. The number of halogens is 1. The summed E-state index contributed by atoms with van der Waals surface area (Å²) in [7, 11) is 0. The molecular weight excluding hydrogens is 258 g/mol. The zero-order valence-corrected chi connectivity index (χ0v) is 10.9. The summed E-state index contributed by atoms with van der Waals surface area (Å²) in [5.74, 6) is 0. The van der Waals surface area contributed by atoms with E-state index in [0.29, 0.717) is 11.7 Å². The zero-order chi connectivity index (χ0) is 13.1. The van der Waals surface area contributed by atoms with E-state index in [1.54, 1.807) is 12.3 Å². The first kappa shape index (κ1) is 11.9. The molecule has 0 aliphatic rings. The molecule has 4 heteroatoms. The summed E-state index contributed by atoms with van der Waals surface area (Å²) in [5.41, 5.74) is 3.14. The molecule has 0 saturated carbocycles. The number of hydrogen-bond donors (Lipinski definition) is 1. The van der Waals surface area contributed by atoms with Crippen LogP contribution in [-0.4, -0.2) is 9.97 Å². The van der Waals surface area contributed by atoms with E-state index >= 15 is 0 Å². The Morgan fingerprint density at radius 1 is 1.00 bits per heavy atom. The van der Waals surface area contributed by atoms with Crippen molar-refractivity contribution in [3.05, 3.63) is 65.6 Å². The molecule has 0 aliphatic heterocycles.